The standard InChI is InChI=1S/C25H21ClN4O2/c26-21-7-5-20(6-8-21)24(31)28-22-9-11-23(12-10-22)30-14-2-13-29(25(30)32)17-19-4-1-3-18(15-19)16-27/h1,3-12,15H,2,13-14,17H2,(H,28,31). The zero-order valence-electron chi connectivity index (χ0n) is 17.3. The van der Waals surface area contributed by atoms with Gasteiger partial charge in [0.15, 0.2) is 0 Å². The van der Waals surface area contributed by atoms with Crippen LogP contribution >= 0.6 is 11.6 Å². The first-order chi connectivity index (χ1) is 15.5. The molecule has 3 aromatic carbocycles. The molecule has 1 saturated heterocycles. The minimum atomic E-state index is -0.228. The zero-order chi connectivity index (χ0) is 22.5. The van der Waals surface area contributed by atoms with Crippen LogP contribution in [0.5, 0.6) is 0 Å². The number of nitrogens with zero attached hydrogens (tertiary/aromatic N) is 3. The van der Waals surface area contributed by atoms with E-state index in [4.69, 9.17) is 16.9 Å². The third kappa shape index (κ3) is 4.90. The van der Waals surface area contributed by atoms with E-state index in [0.717, 1.165) is 17.7 Å². The quantitative estimate of drug-likeness (QED) is 0.580. The van der Waals surface area contributed by atoms with E-state index >= 15 is 0 Å². The Labute approximate surface area is 191 Å². The number of halogens is 1. The lowest BCUT2D eigenvalue weighted by atomic mass is 10.1. The fraction of sp³-hybridized carbons (Fsp3) is 0.160. The van der Waals surface area contributed by atoms with Gasteiger partial charge in [-0.05, 0) is 72.6 Å². The van der Waals surface area contributed by atoms with Crippen molar-refractivity contribution in [2.75, 3.05) is 23.3 Å². The summed E-state index contributed by atoms with van der Waals surface area (Å²) in [5, 5.41) is 12.5. The van der Waals surface area contributed by atoms with Gasteiger partial charge in [0.1, 0.15) is 0 Å². The van der Waals surface area contributed by atoms with Gasteiger partial charge in [-0.2, -0.15) is 5.26 Å². The molecule has 0 aromatic heterocycles. The molecule has 0 spiro atoms. The second kappa shape index (κ2) is 9.54. The molecule has 0 atom stereocenters. The average molecular weight is 445 g/mol. The largest absolute Gasteiger partial charge is 0.324 e. The van der Waals surface area contributed by atoms with Gasteiger partial charge in [0.05, 0.1) is 11.6 Å². The molecule has 3 amide bonds. The summed E-state index contributed by atoms with van der Waals surface area (Å²) in [5.74, 6) is -0.228. The lowest BCUT2D eigenvalue weighted by Crippen LogP contribution is -2.49. The van der Waals surface area contributed by atoms with Crippen LogP contribution in [0.3, 0.4) is 0 Å². The third-order valence-corrected chi connectivity index (χ3v) is 5.54. The number of benzene rings is 3. The Morgan fingerprint density at radius 3 is 2.50 bits per heavy atom. The molecule has 160 valence electrons. The highest BCUT2D eigenvalue weighted by molar-refractivity contribution is 6.30. The van der Waals surface area contributed by atoms with Crippen LogP contribution in [0.25, 0.3) is 0 Å². The first-order valence-corrected chi connectivity index (χ1v) is 10.6. The number of hydrogen-bond acceptors (Lipinski definition) is 3. The Kier molecular flexibility index (Phi) is 6.39. The molecule has 0 unspecified atom stereocenters. The highest BCUT2D eigenvalue weighted by atomic mass is 35.5. The van der Waals surface area contributed by atoms with E-state index in [9.17, 15) is 9.59 Å². The van der Waals surface area contributed by atoms with Crippen LogP contribution in [-0.2, 0) is 6.54 Å². The van der Waals surface area contributed by atoms with E-state index < -0.39 is 0 Å². The molecule has 0 bridgehead atoms. The van der Waals surface area contributed by atoms with Gasteiger partial charge in [0.2, 0.25) is 0 Å². The molecule has 0 radical (unpaired) electrons. The minimum Gasteiger partial charge on any atom is -0.322 e. The topological polar surface area (TPSA) is 76.4 Å². The molecule has 4 rings (SSSR count). The predicted molar refractivity (Wildman–Crippen MR) is 125 cm³/mol. The highest BCUT2D eigenvalue weighted by Gasteiger charge is 2.26. The summed E-state index contributed by atoms with van der Waals surface area (Å²) in [7, 11) is 0. The zero-order valence-corrected chi connectivity index (χ0v) is 18.0. The summed E-state index contributed by atoms with van der Waals surface area (Å²) in [6.45, 7) is 1.76. The summed E-state index contributed by atoms with van der Waals surface area (Å²) in [4.78, 5) is 29.0. The molecule has 1 heterocycles. The van der Waals surface area contributed by atoms with Crippen LogP contribution < -0.4 is 10.2 Å². The van der Waals surface area contributed by atoms with E-state index in [1.54, 1.807) is 52.3 Å². The lowest BCUT2D eigenvalue weighted by molar-refractivity contribution is 0.102. The molecule has 32 heavy (non-hydrogen) atoms. The van der Waals surface area contributed by atoms with Crippen molar-refractivity contribution >= 4 is 34.9 Å². The third-order valence-electron chi connectivity index (χ3n) is 5.28. The van der Waals surface area contributed by atoms with Gasteiger partial charge >= 0.3 is 6.03 Å². The number of anilines is 2. The van der Waals surface area contributed by atoms with Crippen molar-refractivity contribution in [3.63, 3.8) is 0 Å². The summed E-state index contributed by atoms with van der Waals surface area (Å²) in [5.41, 5.74) is 3.44. The number of nitriles is 1. The molecule has 1 aliphatic rings. The number of amides is 3. The maximum Gasteiger partial charge on any atom is 0.324 e. The van der Waals surface area contributed by atoms with Gasteiger partial charge in [-0.1, -0.05) is 23.7 Å². The Morgan fingerprint density at radius 2 is 1.78 bits per heavy atom. The van der Waals surface area contributed by atoms with Gasteiger partial charge in [-0.3, -0.25) is 9.69 Å². The van der Waals surface area contributed by atoms with Crippen molar-refractivity contribution in [3.8, 4) is 6.07 Å². The summed E-state index contributed by atoms with van der Waals surface area (Å²) >= 11 is 5.87. The van der Waals surface area contributed by atoms with Gasteiger partial charge in [-0.15, -0.1) is 0 Å². The number of nitrogens with one attached hydrogen (secondary N) is 1. The summed E-state index contributed by atoms with van der Waals surface area (Å²) < 4.78 is 0. The first kappa shape index (κ1) is 21.4. The van der Waals surface area contributed by atoms with E-state index in [-0.39, 0.29) is 11.9 Å². The van der Waals surface area contributed by atoms with Crippen molar-refractivity contribution in [1.82, 2.24) is 4.90 Å². The Morgan fingerprint density at radius 1 is 1.03 bits per heavy atom. The molecule has 1 fully saturated rings. The summed E-state index contributed by atoms with van der Waals surface area (Å²) in [6.07, 6.45) is 0.846. The molecule has 0 aliphatic carbocycles. The average Bonchev–Trinajstić information content (AvgIpc) is 2.81. The Hall–Kier alpha value is -3.82. The predicted octanol–water partition coefficient (Wildman–Crippen LogP) is 5.30. The van der Waals surface area contributed by atoms with E-state index in [2.05, 4.69) is 11.4 Å². The smallest absolute Gasteiger partial charge is 0.322 e. The lowest BCUT2D eigenvalue weighted by Gasteiger charge is -2.35. The molecular formula is C25H21ClN4O2. The fourth-order valence-corrected chi connectivity index (χ4v) is 3.78. The van der Waals surface area contributed by atoms with Crippen LogP contribution in [-0.4, -0.2) is 29.9 Å². The maximum absolute atomic E-state index is 13.1. The molecule has 3 aromatic rings. The molecule has 1 N–H and O–H groups in total. The van der Waals surface area contributed by atoms with Crippen LogP contribution in [0.4, 0.5) is 16.2 Å². The number of carbonyl (C=O) groups is 2. The first-order valence-electron chi connectivity index (χ1n) is 10.3. The monoisotopic (exact) mass is 444 g/mol. The maximum atomic E-state index is 13.1. The minimum absolute atomic E-state index is 0.0726. The number of rotatable bonds is 5. The molecule has 1 aliphatic heterocycles. The number of carbonyl (C=O) groups excluding carboxylic acids is 2. The van der Waals surface area contributed by atoms with Crippen molar-refractivity contribution in [3.05, 3.63) is 94.5 Å². The van der Waals surface area contributed by atoms with Gasteiger partial charge in [0, 0.05) is 41.6 Å². The normalized spacial score (nSPS) is 13.6. The van der Waals surface area contributed by atoms with Crippen molar-refractivity contribution < 1.29 is 9.59 Å². The van der Waals surface area contributed by atoms with Crippen LogP contribution in [0.2, 0.25) is 5.02 Å². The van der Waals surface area contributed by atoms with Crippen LogP contribution in [0.15, 0.2) is 72.8 Å². The second-order valence-corrected chi connectivity index (χ2v) is 7.97. The van der Waals surface area contributed by atoms with E-state index in [0.29, 0.717) is 41.5 Å². The summed E-state index contributed by atoms with van der Waals surface area (Å²) in [6, 6.07) is 23.3. The number of hydrogen-bond donors (Lipinski definition) is 1. The van der Waals surface area contributed by atoms with Crippen molar-refractivity contribution in [1.29, 1.82) is 5.26 Å². The molecule has 6 nitrogen and oxygen atoms in total. The molecule has 7 heteroatoms. The Bertz CT molecular complexity index is 1170. The van der Waals surface area contributed by atoms with Gasteiger partial charge in [0.25, 0.3) is 5.91 Å². The highest BCUT2D eigenvalue weighted by Crippen LogP contribution is 2.24. The van der Waals surface area contributed by atoms with Crippen molar-refractivity contribution in [2.45, 2.75) is 13.0 Å². The molecular weight excluding hydrogens is 424 g/mol. The van der Waals surface area contributed by atoms with E-state index in [1.165, 1.54) is 0 Å². The molecule has 0 saturated carbocycles. The fourth-order valence-electron chi connectivity index (χ4n) is 3.66. The van der Waals surface area contributed by atoms with Gasteiger partial charge < -0.3 is 10.2 Å². The SMILES string of the molecule is N#Cc1cccc(CN2CCCN(c3ccc(NC(=O)c4ccc(Cl)cc4)cc3)C2=O)c1. The van der Waals surface area contributed by atoms with Gasteiger partial charge in [-0.25, -0.2) is 4.79 Å². The van der Waals surface area contributed by atoms with E-state index in [1.807, 2.05) is 30.3 Å². The van der Waals surface area contributed by atoms with Crippen LogP contribution in [0, 0.1) is 11.3 Å². The Balaban J connectivity index is 1.42. The van der Waals surface area contributed by atoms with Crippen molar-refractivity contribution in [2.24, 2.45) is 0 Å². The number of urea groups is 1. The second-order valence-electron chi connectivity index (χ2n) is 7.53. The van der Waals surface area contributed by atoms with Crippen LogP contribution in [0.1, 0.15) is 27.9 Å².